The Hall–Kier alpha value is -1.32. The molecule has 5 heteroatoms. The lowest BCUT2D eigenvalue weighted by atomic mass is 10.1. The highest BCUT2D eigenvalue weighted by Gasteiger charge is 2.19. The highest BCUT2D eigenvalue weighted by atomic mass is 35.5. The van der Waals surface area contributed by atoms with Crippen molar-refractivity contribution in [3.8, 4) is 0 Å². The fourth-order valence-electron chi connectivity index (χ4n) is 1.67. The van der Waals surface area contributed by atoms with Crippen LogP contribution in [0.2, 0.25) is 0 Å². The largest absolute Gasteiger partial charge is 0.462 e. The van der Waals surface area contributed by atoms with Gasteiger partial charge in [0.25, 0.3) is 0 Å². The molecule has 1 aromatic carbocycles. The summed E-state index contributed by atoms with van der Waals surface area (Å²) in [5, 5.41) is 0.846. The van der Waals surface area contributed by atoms with Crippen molar-refractivity contribution >= 4 is 40.1 Å². The van der Waals surface area contributed by atoms with Gasteiger partial charge in [-0.15, -0.1) is 0 Å². The van der Waals surface area contributed by atoms with Gasteiger partial charge in [0.1, 0.15) is 4.84 Å². The summed E-state index contributed by atoms with van der Waals surface area (Å²) in [5.41, 5.74) is 1.38. The van der Waals surface area contributed by atoms with Gasteiger partial charge in [-0.3, -0.25) is 0 Å². The van der Waals surface area contributed by atoms with Crippen LogP contribution in [0.3, 0.4) is 0 Å². The molecule has 0 unspecified atom stereocenters. The van der Waals surface area contributed by atoms with Gasteiger partial charge < -0.3 is 4.74 Å². The van der Waals surface area contributed by atoms with E-state index in [9.17, 15) is 4.79 Å². The lowest BCUT2D eigenvalue weighted by molar-refractivity contribution is 0.0525. The number of pyridine rings is 1. The van der Waals surface area contributed by atoms with Crippen molar-refractivity contribution in [3.63, 3.8) is 0 Å². The lowest BCUT2D eigenvalue weighted by Gasteiger charge is -2.10. The molecule has 1 aromatic heterocycles. The van der Waals surface area contributed by atoms with Crippen LogP contribution in [0, 0.1) is 0 Å². The number of nitrogens with zero attached hydrogens (tertiary/aromatic N) is 1. The number of fused-ring (bicyclic) bond motifs is 1. The average Bonchev–Trinajstić information content (AvgIpc) is 2.37. The van der Waals surface area contributed by atoms with Crippen LogP contribution in [-0.4, -0.2) is 17.6 Å². The molecular weight excluding hydrogens is 273 g/mol. The van der Waals surface area contributed by atoms with Gasteiger partial charge in [-0.05, 0) is 19.1 Å². The van der Waals surface area contributed by atoms with Crippen molar-refractivity contribution in [1.82, 2.24) is 4.98 Å². The molecule has 0 aliphatic carbocycles. The third-order valence-electron chi connectivity index (χ3n) is 2.46. The summed E-state index contributed by atoms with van der Waals surface area (Å²) in [5.74, 6) is -0.461. The van der Waals surface area contributed by atoms with Crippen LogP contribution in [0.15, 0.2) is 30.3 Å². The maximum atomic E-state index is 11.8. The van der Waals surface area contributed by atoms with Gasteiger partial charge in [-0.2, -0.15) is 0 Å². The highest BCUT2D eigenvalue weighted by Crippen LogP contribution is 2.29. The Morgan fingerprint density at radius 3 is 2.78 bits per heavy atom. The first kappa shape index (κ1) is 13.1. The van der Waals surface area contributed by atoms with Gasteiger partial charge in [0.2, 0.25) is 0 Å². The number of esters is 1. The number of alkyl halides is 2. The number of hydrogen-bond acceptors (Lipinski definition) is 3. The molecule has 0 aliphatic rings. The summed E-state index contributed by atoms with van der Waals surface area (Å²) in [4.78, 5) is 15.3. The zero-order valence-electron chi connectivity index (χ0n) is 9.69. The van der Waals surface area contributed by atoms with Crippen molar-refractivity contribution in [2.45, 2.75) is 11.8 Å². The topological polar surface area (TPSA) is 39.2 Å². The maximum absolute atomic E-state index is 11.8. The van der Waals surface area contributed by atoms with Crippen LogP contribution >= 0.6 is 23.2 Å². The van der Waals surface area contributed by atoms with Crippen molar-refractivity contribution in [2.75, 3.05) is 6.61 Å². The second-order valence-corrected chi connectivity index (χ2v) is 4.73. The summed E-state index contributed by atoms with van der Waals surface area (Å²) >= 11 is 11.7. The van der Waals surface area contributed by atoms with Gasteiger partial charge in [-0.1, -0.05) is 41.4 Å². The molecule has 3 nitrogen and oxygen atoms in total. The molecule has 0 atom stereocenters. The predicted octanol–water partition coefficient (Wildman–Crippen LogP) is 3.89. The summed E-state index contributed by atoms with van der Waals surface area (Å²) in [7, 11) is 0. The van der Waals surface area contributed by atoms with E-state index in [0.717, 1.165) is 10.9 Å². The molecule has 0 bridgehead atoms. The number of ether oxygens (including phenoxy) is 1. The van der Waals surface area contributed by atoms with Crippen molar-refractivity contribution in [1.29, 1.82) is 0 Å². The van der Waals surface area contributed by atoms with Crippen LogP contribution in [0.1, 0.15) is 27.8 Å². The molecule has 18 heavy (non-hydrogen) atoms. The van der Waals surface area contributed by atoms with Crippen LogP contribution in [0.5, 0.6) is 0 Å². The van der Waals surface area contributed by atoms with Crippen LogP contribution in [0.4, 0.5) is 0 Å². The Kier molecular flexibility index (Phi) is 4.04. The number of hydrogen-bond donors (Lipinski definition) is 0. The summed E-state index contributed by atoms with van der Waals surface area (Å²) in [6.45, 7) is 2.03. The molecular formula is C13H11Cl2NO2. The summed E-state index contributed by atoms with van der Waals surface area (Å²) in [6, 6.07) is 9.14. The number of carbonyl (C=O) groups is 1. The first-order chi connectivity index (χ1) is 8.63. The zero-order valence-corrected chi connectivity index (χ0v) is 11.2. The van der Waals surface area contributed by atoms with Crippen LogP contribution in [-0.2, 0) is 4.74 Å². The van der Waals surface area contributed by atoms with E-state index in [0.29, 0.717) is 17.9 Å². The fraction of sp³-hybridized carbons (Fsp3) is 0.231. The molecule has 0 spiro atoms. The lowest BCUT2D eigenvalue weighted by Crippen LogP contribution is -2.10. The molecule has 94 valence electrons. The minimum absolute atomic E-state index is 0.292. The van der Waals surface area contributed by atoms with Crippen molar-refractivity contribution < 1.29 is 9.53 Å². The second-order valence-electron chi connectivity index (χ2n) is 3.64. The third kappa shape index (κ3) is 2.57. The Bertz CT molecular complexity index is 584. The Morgan fingerprint density at radius 2 is 2.11 bits per heavy atom. The van der Waals surface area contributed by atoms with Gasteiger partial charge in [0, 0.05) is 5.39 Å². The number of halogens is 2. The van der Waals surface area contributed by atoms with Gasteiger partial charge in [0.15, 0.2) is 0 Å². The van der Waals surface area contributed by atoms with Gasteiger partial charge in [0.05, 0.1) is 23.4 Å². The van der Waals surface area contributed by atoms with E-state index in [-0.39, 0.29) is 0 Å². The van der Waals surface area contributed by atoms with Crippen LogP contribution in [0.25, 0.3) is 10.9 Å². The molecule has 0 fully saturated rings. The van der Waals surface area contributed by atoms with Crippen molar-refractivity contribution in [3.05, 3.63) is 41.6 Å². The molecule has 0 saturated carbocycles. The Balaban J connectivity index is 2.61. The average molecular weight is 284 g/mol. The normalized spacial score (nSPS) is 10.9. The molecule has 2 rings (SSSR count). The fourth-order valence-corrected chi connectivity index (χ4v) is 2.00. The molecule has 0 aliphatic heterocycles. The standard InChI is InChI=1S/C13H11Cl2NO2/c1-2-18-13(17)9-7-8-5-3-4-6-10(8)16-11(9)12(14)15/h3-7,12H,2H2,1H3. The molecule has 0 radical (unpaired) electrons. The van der Waals surface area contributed by atoms with E-state index in [1.54, 1.807) is 13.0 Å². The second kappa shape index (κ2) is 5.55. The predicted molar refractivity (Wildman–Crippen MR) is 72.1 cm³/mol. The van der Waals surface area contributed by atoms with E-state index < -0.39 is 10.8 Å². The quantitative estimate of drug-likeness (QED) is 0.634. The molecule has 1 heterocycles. The van der Waals surface area contributed by atoms with Gasteiger partial charge in [-0.25, -0.2) is 9.78 Å². The van der Waals surface area contributed by atoms with E-state index in [2.05, 4.69) is 4.98 Å². The third-order valence-corrected chi connectivity index (χ3v) is 2.87. The summed E-state index contributed by atoms with van der Waals surface area (Å²) in [6.07, 6.45) is 0. The first-order valence-corrected chi connectivity index (χ1v) is 6.35. The number of benzene rings is 1. The number of rotatable bonds is 3. The van der Waals surface area contributed by atoms with E-state index >= 15 is 0 Å². The molecule has 0 amide bonds. The minimum Gasteiger partial charge on any atom is -0.462 e. The Labute approximate surface area is 115 Å². The monoisotopic (exact) mass is 283 g/mol. The molecule has 0 N–H and O–H groups in total. The first-order valence-electron chi connectivity index (χ1n) is 5.48. The van der Waals surface area contributed by atoms with E-state index in [4.69, 9.17) is 27.9 Å². The minimum atomic E-state index is -0.867. The smallest absolute Gasteiger partial charge is 0.340 e. The molecule has 2 aromatic rings. The number of carbonyl (C=O) groups excluding carboxylic acids is 1. The zero-order chi connectivity index (χ0) is 13.1. The van der Waals surface area contributed by atoms with E-state index in [1.165, 1.54) is 0 Å². The Morgan fingerprint density at radius 1 is 1.39 bits per heavy atom. The van der Waals surface area contributed by atoms with Crippen LogP contribution < -0.4 is 0 Å². The maximum Gasteiger partial charge on any atom is 0.340 e. The van der Waals surface area contributed by atoms with Crippen molar-refractivity contribution in [2.24, 2.45) is 0 Å². The highest BCUT2D eigenvalue weighted by molar-refractivity contribution is 6.44. The van der Waals surface area contributed by atoms with E-state index in [1.807, 2.05) is 24.3 Å². The SMILES string of the molecule is CCOC(=O)c1cc2ccccc2nc1C(Cl)Cl. The molecule has 0 saturated heterocycles. The number of para-hydroxylation sites is 1. The number of aromatic nitrogens is 1. The summed E-state index contributed by atoms with van der Waals surface area (Å²) < 4.78 is 4.97. The van der Waals surface area contributed by atoms with Gasteiger partial charge >= 0.3 is 5.97 Å².